The van der Waals surface area contributed by atoms with Gasteiger partial charge in [0.25, 0.3) is 0 Å². The fourth-order valence-electron chi connectivity index (χ4n) is 8.72. The highest BCUT2D eigenvalue weighted by Crippen LogP contribution is 2.40. The molecule has 0 N–H and O–H groups in total. The molecule has 9 rings (SSSR count). The maximum absolute atomic E-state index is 6.23. The Morgan fingerprint density at radius 2 is 1.06 bits per heavy atom. The zero-order valence-corrected chi connectivity index (χ0v) is 40.5. The molecule has 11 nitrogen and oxygen atoms in total. The highest BCUT2D eigenvalue weighted by molar-refractivity contribution is 7.15. The number of halogens is 2. The predicted molar refractivity (Wildman–Crippen MR) is 258 cm³/mol. The van der Waals surface area contributed by atoms with E-state index in [0.29, 0.717) is 0 Å². The van der Waals surface area contributed by atoms with E-state index in [2.05, 4.69) is 105 Å². The monoisotopic (exact) mass is 909 g/mol. The van der Waals surface area contributed by atoms with Gasteiger partial charge in [-0.1, -0.05) is 53.9 Å². The number of piperidine rings is 1. The summed E-state index contributed by atoms with van der Waals surface area (Å²) in [6.45, 7) is 19.1. The van der Waals surface area contributed by atoms with Crippen molar-refractivity contribution in [1.82, 2.24) is 44.2 Å². The minimum absolute atomic E-state index is 0.0915. The standard InChI is InChI=1S/C27H35ClN6S.C20H22ClN5S/c1-18-19(2)35-27-24(18)25(21-9-11-22(28)12-10-21)29-23(26-31-30-20(3)34(26)27)17-32(4)13-8-16-33-14-6-5-7-15-33;1-11-12(2)27-20-17(11)18(14-6-8-15(21)9-7-14)22-16(10-25(4)5)19-24-23-13(3)26(19)20/h9-12,23H,5-8,13-17H2,1-4H3;6-9,16H,10H2,1-5H3/t23-;16-/m00/s1. The van der Waals surface area contributed by atoms with Crippen LogP contribution in [-0.4, -0.2) is 116 Å². The van der Waals surface area contributed by atoms with Gasteiger partial charge >= 0.3 is 0 Å². The third kappa shape index (κ3) is 9.13. The van der Waals surface area contributed by atoms with E-state index < -0.39 is 0 Å². The van der Waals surface area contributed by atoms with E-state index in [-0.39, 0.29) is 12.1 Å². The summed E-state index contributed by atoms with van der Waals surface area (Å²) in [5, 5.41) is 21.8. The first kappa shape index (κ1) is 44.5. The molecule has 1 fully saturated rings. The van der Waals surface area contributed by atoms with Crippen LogP contribution in [0.2, 0.25) is 10.0 Å². The van der Waals surface area contributed by atoms with Crippen molar-refractivity contribution < 1.29 is 0 Å². The molecular formula is C47H57Cl2N11S2. The van der Waals surface area contributed by atoms with Gasteiger partial charge in [0.05, 0.1) is 11.4 Å². The van der Waals surface area contributed by atoms with E-state index in [9.17, 15) is 0 Å². The highest BCUT2D eigenvalue weighted by atomic mass is 35.5. The lowest BCUT2D eigenvalue weighted by Gasteiger charge is -2.27. The number of aryl methyl sites for hydroxylation is 4. The summed E-state index contributed by atoms with van der Waals surface area (Å²) in [4.78, 5) is 20.3. The summed E-state index contributed by atoms with van der Waals surface area (Å²) in [5.41, 5.74) is 9.07. The van der Waals surface area contributed by atoms with Crippen LogP contribution in [0.5, 0.6) is 0 Å². The van der Waals surface area contributed by atoms with Gasteiger partial charge < -0.3 is 14.7 Å². The Labute approximate surface area is 384 Å². The first-order valence-corrected chi connectivity index (χ1v) is 24.0. The molecule has 0 radical (unpaired) electrons. The average Bonchev–Trinajstić information content (AvgIpc) is 3.94. The number of likely N-dealkylation sites (tertiary alicyclic amines) is 1. The Hall–Kier alpha value is -4.08. The number of thiophene rings is 2. The Kier molecular flexibility index (Phi) is 13.6. The first-order chi connectivity index (χ1) is 29.8. The van der Waals surface area contributed by atoms with Crippen LogP contribution in [-0.2, 0) is 0 Å². The van der Waals surface area contributed by atoms with E-state index in [1.807, 2.05) is 50.2 Å². The number of aliphatic imine (C=N–C) groups is 2. The fourth-order valence-corrected chi connectivity index (χ4v) is 11.4. The SMILES string of the molecule is Cc1sc2c(c1C)C(c1ccc(Cl)cc1)=N[C@@H](CN(C)C)c1nnc(C)n1-2.Cc1sc2c(c1C)C(c1ccc(Cl)cc1)=N[C@@H](CN(C)CCCN1CCCCC1)c1nnc(C)n1-2. The Balaban J connectivity index is 0.000000176. The number of benzene rings is 2. The minimum Gasteiger partial charge on any atom is -0.307 e. The van der Waals surface area contributed by atoms with Crippen LogP contribution in [0.3, 0.4) is 0 Å². The number of aromatic nitrogens is 6. The van der Waals surface area contributed by atoms with Gasteiger partial charge in [-0.3, -0.25) is 19.1 Å². The topological polar surface area (TPSA) is 95.9 Å². The van der Waals surface area contributed by atoms with Crippen molar-refractivity contribution >= 4 is 57.3 Å². The highest BCUT2D eigenvalue weighted by Gasteiger charge is 2.33. The Morgan fingerprint density at radius 1 is 0.613 bits per heavy atom. The molecule has 7 heterocycles. The molecule has 0 bridgehead atoms. The molecular weight excluding hydrogens is 854 g/mol. The molecule has 6 aromatic rings. The second-order valence-corrected chi connectivity index (χ2v) is 20.4. The number of hydrogen-bond donors (Lipinski definition) is 0. The second kappa shape index (κ2) is 18.9. The van der Waals surface area contributed by atoms with Crippen LogP contribution in [0, 0.1) is 41.5 Å². The molecule has 0 spiro atoms. The van der Waals surface area contributed by atoms with E-state index in [0.717, 1.165) is 80.5 Å². The molecule has 0 unspecified atom stereocenters. The van der Waals surface area contributed by atoms with Crippen molar-refractivity contribution in [2.75, 3.05) is 60.4 Å². The van der Waals surface area contributed by atoms with Gasteiger partial charge in [0.15, 0.2) is 11.6 Å². The normalized spacial score (nSPS) is 17.4. The van der Waals surface area contributed by atoms with Gasteiger partial charge in [0.2, 0.25) is 0 Å². The van der Waals surface area contributed by atoms with Crippen LogP contribution in [0.25, 0.3) is 10.0 Å². The molecule has 15 heteroatoms. The van der Waals surface area contributed by atoms with Crippen LogP contribution >= 0.6 is 45.9 Å². The molecule has 1 saturated heterocycles. The van der Waals surface area contributed by atoms with E-state index in [1.165, 1.54) is 82.3 Å². The summed E-state index contributed by atoms with van der Waals surface area (Å²) < 4.78 is 4.42. The number of nitrogens with zero attached hydrogens (tertiary/aromatic N) is 11. The second-order valence-electron chi connectivity index (χ2n) is 17.1. The van der Waals surface area contributed by atoms with Crippen molar-refractivity contribution in [2.45, 2.75) is 79.3 Å². The van der Waals surface area contributed by atoms with Gasteiger partial charge in [-0.15, -0.1) is 43.1 Å². The van der Waals surface area contributed by atoms with Gasteiger partial charge in [-0.05, 0) is 144 Å². The van der Waals surface area contributed by atoms with Crippen molar-refractivity contribution in [3.05, 3.63) is 125 Å². The maximum atomic E-state index is 6.23. The van der Waals surface area contributed by atoms with Gasteiger partial charge in [-0.25, -0.2) is 0 Å². The maximum Gasteiger partial charge on any atom is 0.164 e. The molecule has 2 aromatic carbocycles. The number of fused-ring (bicyclic) bond motifs is 6. The fraction of sp³-hybridized carbons (Fsp3) is 0.447. The molecule has 3 aliphatic heterocycles. The lowest BCUT2D eigenvalue weighted by atomic mass is 10.00. The lowest BCUT2D eigenvalue weighted by molar-refractivity contribution is 0.209. The third-order valence-corrected chi connectivity index (χ3v) is 15.1. The molecule has 2 atom stereocenters. The summed E-state index contributed by atoms with van der Waals surface area (Å²) in [6, 6.07) is 15.8. The molecule has 0 amide bonds. The average molecular weight is 911 g/mol. The largest absolute Gasteiger partial charge is 0.307 e. The first-order valence-electron chi connectivity index (χ1n) is 21.6. The summed E-state index contributed by atoms with van der Waals surface area (Å²) >= 11 is 15.9. The number of hydrogen-bond acceptors (Lipinski definition) is 11. The van der Waals surface area contributed by atoms with Crippen LogP contribution in [0.4, 0.5) is 0 Å². The molecule has 62 heavy (non-hydrogen) atoms. The molecule has 3 aliphatic rings. The molecule has 0 aliphatic carbocycles. The van der Waals surface area contributed by atoms with Crippen molar-refractivity contribution in [3.63, 3.8) is 0 Å². The van der Waals surface area contributed by atoms with E-state index >= 15 is 0 Å². The number of rotatable bonds is 10. The Morgan fingerprint density at radius 3 is 1.52 bits per heavy atom. The van der Waals surface area contributed by atoms with E-state index in [4.69, 9.17) is 33.2 Å². The Bertz CT molecular complexity index is 2590. The van der Waals surface area contributed by atoms with Crippen molar-refractivity contribution in [1.29, 1.82) is 0 Å². The lowest BCUT2D eigenvalue weighted by Crippen LogP contribution is -2.33. The smallest absolute Gasteiger partial charge is 0.164 e. The quantitative estimate of drug-likeness (QED) is 0.135. The van der Waals surface area contributed by atoms with Gasteiger partial charge in [0.1, 0.15) is 33.7 Å². The molecule has 0 saturated carbocycles. The van der Waals surface area contributed by atoms with Gasteiger partial charge in [-0.2, -0.15) is 0 Å². The minimum atomic E-state index is -0.0961. The molecule has 326 valence electrons. The van der Waals surface area contributed by atoms with Crippen LogP contribution in [0.1, 0.15) is 104 Å². The molecule has 4 aromatic heterocycles. The summed E-state index contributed by atoms with van der Waals surface area (Å²) in [7, 11) is 6.32. The number of likely N-dealkylation sites (N-methyl/N-ethyl adjacent to an activating group) is 2. The summed E-state index contributed by atoms with van der Waals surface area (Å²) in [6.07, 6.45) is 5.25. The zero-order chi connectivity index (χ0) is 43.8. The van der Waals surface area contributed by atoms with E-state index in [1.54, 1.807) is 22.7 Å². The van der Waals surface area contributed by atoms with Crippen LogP contribution in [0.15, 0.2) is 58.5 Å². The van der Waals surface area contributed by atoms with Crippen molar-refractivity contribution in [3.8, 4) is 10.0 Å². The predicted octanol–water partition coefficient (Wildman–Crippen LogP) is 9.97. The zero-order valence-electron chi connectivity index (χ0n) is 37.3. The van der Waals surface area contributed by atoms with Crippen molar-refractivity contribution in [2.24, 2.45) is 9.98 Å². The summed E-state index contributed by atoms with van der Waals surface area (Å²) in [5.74, 6) is 3.63. The van der Waals surface area contributed by atoms with Gasteiger partial charge in [0, 0.05) is 55.1 Å². The third-order valence-electron chi connectivity index (χ3n) is 12.2. The van der Waals surface area contributed by atoms with Crippen LogP contribution < -0.4 is 0 Å².